The van der Waals surface area contributed by atoms with Crippen molar-refractivity contribution in [2.24, 2.45) is 0 Å². The van der Waals surface area contributed by atoms with E-state index in [2.05, 4.69) is 31.4 Å². The van der Waals surface area contributed by atoms with Crippen molar-refractivity contribution in [3.05, 3.63) is 33.2 Å². The maximum absolute atomic E-state index is 13.1. The van der Waals surface area contributed by atoms with Crippen molar-refractivity contribution in [2.45, 2.75) is 19.0 Å². The van der Waals surface area contributed by atoms with Crippen LogP contribution < -0.4 is 5.32 Å². The second kappa shape index (κ2) is 6.85. The number of aryl methyl sites for hydroxylation is 1. The van der Waals surface area contributed by atoms with Gasteiger partial charge in [-0.1, -0.05) is 33.3 Å². The van der Waals surface area contributed by atoms with Crippen molar-refractivity contribution >= 4 is 27.3 Å². The van der Waals surface area contributed by atoms with Crippen molar-refractivity contribution in [3.63, 3.8) is 0 Å². The molecule has 3 nitrogen and oxygen atoms in total. The Balaban J connectivity index is 2.30. The van der Waals surface area contributed by atoms with E-state index in [0.717, 1.165) is 24.0 Å². The van der Waals surface area contributed by atoms with Gasteiger partial charge < -0.3 is 5.32 Å². The van der Waals surface area contributed by atoms with Gasteiger partial charge in [0.25, 0.3) is 0 Å². The second-order valence-corrected chi connectivity index (χ2v) is 6.37. The van der Waals surface area contributed by atoms with Gasteiger partial charge in [-0.2, -0.15) is 13.2 Å². The first-order valence-corrected chi connectivity index (χ1v) is 7.87. The molecule has 114 valence electrons. The van der Waals surface area contributed by atoms with Gasteiger partial charge in [0.15, 0.2) is 0 Å². The Morgan fingerprint density at radius 1 is 1.29 bits per heavy atom. The molecule has 8 heteroatoms. The van der Waals surface area contributed by atoms with Crippen LogP contribution >= 0.6 is 27.3 Å². The Bertz CT molecular complexity index is 613. The third kappa shape index (κ3) is 4.24. The quantitative estimate of drug-likeness (QED) is 0.793. The van der Waals surface area contributed by atoms with Gasteiger partial charge in [0.2, 0.25) is 0 Å². The van der Waals surface area contributed by atoms with Crippen LogP contribution in [0.5, 0.6) is 0 Å². The molecule has 0 spiro atoms. The Morgan fingerprint density at radius 2 is 2.05 bits per heavy atom. The summed E-state index contributed by atoms with van der Waals surface area (Å²) >= 11 is 4.28. The Kier molecular flexibility index (Phi) is 5.34. The molecule has 0 saturated carbocycles. The van der Waals surface area contributed by atoms with Gasteiger partial charge in [0.05, 0.1) is 5.56 Å². The number of aromatic nitrogens is 2. The van der Waals surface area contributed by atoms with E-state index in [0.29, 0.717) is 15.9 Å². The number of hydrogen-bond donors (Lipinski definition) is 1. The third-order valence-corrected chi connectivity index (χ3v) is 4.31. The number of rotatable bonds is 5. The molecule has 0 aliphatic rings. The largest absolute Gasteiger partial charge is 0.417 e. The molecule has 0 bridgehead atoms. The topological polar surface area (TPSA) is 37.8 Å². The molecule has 0 unspecified atom stereocenters. The second-order valence-electron chi connectivity index (χ2n) is 4.40. The van der Waals surface area contributed by atoms with Crippen molar-refractivity contribution in [2.75, 3.05) is 13.6 Å². The molecule has 1 heterocycles. The number of nitrogens with one attached hydrogen (secondary N) is 1. The Labute approximate surface area is 132 Å². The number of benzene rings is 1. The van der Waals surface area contributed by atoms with Crippen LogP contribution in [0, 0.1) is 0 Å². The lowest BCUT2D eigenvalue weighted by Crippen LogP contribution is -2.08. The van der Waals surface area contributed by atoms with E-state index >= 15 is 0 Å². The lowest BCUT2D eigenvalue weighted by atomic mass is 10.1. The molecule has 1 aromatic carbocycles. The van der Waals surface area contributed by atoms with E-state index in [-0.39, 0.29) is 5.56 Å². The summed E-state index contributed by atoms with van der Waals surface area (Å²) in [6.07, 6.45) is -2.84. The predicted octanol–water partition coefficient (Wildman–Crippen LogP) is 4.14. The van der Waals surface area contributed by atoms with Crippen LogP contribution in [0.2, 0.25) is 0 Å². The molecule has 0 fully saturated rings. The molecule has 21 heavy (non-hydrogen) atoms. The van der Waals surface area contributed by atoms with Crippen LogP contribution in [0.4, 0.5) is 13.2 Å². The standard InChI is InChI=1S/C13H13BrF3N3S/c1-18-6-2-3-11-19-20-12(21-11)9-5-4-8(14)7-10(9)13(15,16)17/h4-5,7,18H,2-3,6H2,1H3. The summed E-state index contributed by atoms with van der Waals surface area (Å²) in [5.74, 6) is 0. The number of hydrogen-bond acceptors (Lipinski definition) is 4. The van der Waals surface area contributed by atoms with Crippen LogP contribution in [-0.2, 0) is 12.6 Å². The van der Waals surface area contributed by atoms with Crippen molar-refractivity contribution in [1.82, 2.24) is 15.5 Å². The first-order valence-electron chi connectivity index (χ1n) is 6.26. The molecular formula is C13H13BrF3N3S. The van der Waals surface area contributed by atoms with Crippen LogP contribution in [0.1, 0.15) is 17.0 Å². The average molecular weight is 380 g/mol. The molecule has 1 aromatic heterocycles. The minimum atomic E-state index is -4.42. The maximum atomic E-state index is 13.1. The van der Waals surface area contributed by atoms with E-state index in [1.807, 2.05) is 7.05 Å². The normalized spacial score (nSPS) is 11.9. The van der Waals surface area contributed by atoms with E-state index in [9.17, 15) is 13.2 Å². The van der Waals surface area contributed by atoms with Crippen LogP contribution in [0.3, 0.4) is 0 Å². The highest BCUT2D eigenvalue weighted by atomic mass is 79.9. The molecule has 2 aromatic rings. The van der Waals surface area contributed by atoms with E-state index in [1.165, 1.54) is 17.4 Å². The van der Waals surface area contributed by atoms with Gasteiger partial charge in [-0.05, 0) is 32.1 Å². The zero-order valence-corrected chi connectivity index (χ0v) is 13.6. The van der Waals surface area contributed by atoms with Gasteiger partial charge in [-0.15, -0.1) is 10.2 Å². The monoisotopic (exact) mass is 379 g/mol. The summed E-state index contributed by atoms with van der Waals surface area (Å²) in [7, 11) is 1.85. The first kappa shape index (κ1) is 16.4. The van der Waals surface area contributed by atoms with Crippen molar-refractivity contribution < 1.29 is 13.2 Å². The molecule has 0 radical (unpaired) electrons. The third-order valence-electron chi connectivity index (χ3n) is 2.80. The zero-order valence-electron chi connectivity index (χ0n) is 11.2. The summed E-state index contributed by atoms with van der Waals surface area (Å²) in [5.41, 5.74) is -0.627. The van der Waals surface area contributed by atoms with Gasteiger partial charge in [0.1, 0.15) is 10.0 Å². The fraction of sp³-hybridized carbons (Fsp3) is 0.385. The molecule has 0 aliphatic heterocycles. The van der Waals surface area contributed by atoms with Gasteiger partial charge in [-0.3, -0.25) is 0 Å². The molecule has 0 amide bonds. The fourth-order valence-electron chi connectivity index (χ4n) is 1.82. The van der Waals surface area contributed by atoms with Crippen LogP contribution in [0.25, 0.3) is 10.6 Å². The minimum absolute atomic E-state index is 0.0723. The highest BCUT2D eigenvalue weighted by molar-refractivity contribution is 9.10. The van der Waals surface area contributed by atoms with Gasteiger partial charge >= 0.3 is 6.18 Å². The maximum Gasteiger partial charge on any atom is 0.417 e. The smallest absolute Gasteiger partial charge is 0.320 e. The zero-order chi connectivity index (χ0) is 15.5. The number of halogens is 4. The summed E-state index contributed by atoms with van der Waals surface area (Å²) < 4.78 is 39.7. The Morgan fingerprint density at radius 3 is 2.71 bits per heavy atom. The summed E-state index contributed by atoms with van der Waals surface area (Å²) in [4.78, 5) is 0. The van der Waals surface area contributed by atoms with Crippen LogP contribution in [0.15, 0.2) is 22.7 Å². The van der Waals surface area contributed by atoms with E-state index in [1.54, 1.807) is 6.07 Å². The summed E-state index contributed by atoms with van der Waals surface area (Å²) in [5, 5.41) is 11.9. The van der Waals surface area contributed by atoms with E-state index in [4.69, 9.17) is 0 Å². The number of nitrogens with zero attached hydrogens (tertiary/aromatic N) is 2. The minimum Gasteiger partial charge on any atom is -0.320 e. The van der Waals surface area contributed by atoms with Crippen molar-refractivity contribution in [3.8, 4) is 10.6 Å². The molecular weight excluding hydrogens is 367 g/mol. The Hall–Kier alpha value is -0.990. The van der Waals surface area contributed by atoms with E-state index < -0.39 is 11.7 Å². The molecule has 2 rings (SSSR count). The first-order chi connectivity index (χ1) is 9.91. The predicted molar refractivity (Wildman–Crippen MR) is 80.3 cm³/mol. The van der Waals surface area contributed by atoms with Crippen molar-refractivity contribution in [1.29, 1.82) is 0 Å². The lowest BCUT2D eigenvalue weighted by Gasteiger charge is -2.11. The lowest BCUT2D eigenvalue weighted by molar-refractivity contribution is -0.137. The average Bonchev–Trinajstić information content (AvgIpc) is 2.87. The van der Waals surface area contributed by atoms with Gasteiger partial charge in [0, 0.05) is 16.5 Å². The highest BCUT2D eigenvalue weighted by Gasteiger charge is 2.34. The fourth-order valence-corrected chi connectivity index (χ4v) is 3.10. The molecule has 0 atom stereocenters. The molecule has 0 saturated heterocycles. The molecule has 1 N–H and O–H groups in total. The number of alkyl halides is 3. The van der Waals surface area contributed by atoms with Crippen LogP contribution in [-0.4, -0.2) is 23.8 Å². The molecule has 0 aliphatic carbocycles. The SMILES string of the molecule is CNCCCc1nnc(-c2ccc(Br)cc2C(F)(F)F)s1. The highest BCUT2D eigenvalue weighted by Crippen LogP contribution is 2.39. The van der Waals surface area contributed by atoms with Gasteiger partial charge in [-0.25, -0.2) is 0 Å². The summed E-state index contributed by atoms with van der Waals surface area (Å²) in [6.45, 7) is 0.834. The summed E-state index contributed by atoms with van der Waals surface area (Å²) in [6, 6.07) is 4.06.